The summed E-state index contributed by atoms with van der Waals surface area (Å²) >= 11 is 5.99. The SMILES string of the molecule is O=C(Cn1nc(C(F)F)cc1C(F)F)Nc1nn(Cc2ccccc2F)cc1Cl. The van der Waals surface area contributed by atoms with E-state index in [1.165, 1.54) is 23.0 Å². The number of anilines is 1. The molecule has 0 aliphatic carbocycles. The zero-order valence-corrected chi connectivity index (χ0v) is 15.3. The van der Waals surface area contributed by atoms with Gasteiger partial charge >= 0.3 is 0 Å². The zero-order chi connectivity index (χ0) is 21.1. The first-order chi connectivity index (χ1) is 13.7. The van der Waals surface area contributed by atoms with Crippen LogP contribution in [0.5, 0.6) is 0 Å². The topological polar surface area (TPSA) is 64.7 Å². The van der Waals surface area contributed by atoms with Gasteiger partial charge in [0.15, 0.2) is 5.82 Å². The molecule has 0 saturated heterocycles. The molecule has 1 N–H and O–H groups in total. The number of nitrogens with zero attached hydrogens (tertiary/aromatic N) is 4. The van der Waals surface area contributed by atoms with Gasteiger partial charge in [-0.25, -0.2) is 22.0 Å². The van der Waals surface area contributed by atoms with Crippen molar-refractivity contribution in [2.24, 2.45) is 0 Å². The largest absolute Gasteiger partial charge is 0.306 e. The molecule has 0 aliphatic rings. The molecule has 0 fully saturated rings. The first-order valence-corrected chi connectivity index (χ1v) is 8.52. The van der Waals surface area contributed by atoms with Crippen molar-refractivity contribution < 1.29 is 26.7 Å². The second-order valence-corrected chi connectivity index (χ2v) is 6.32. The third-order valence-electron chi connectivity index (χ3n) is 3.84. The summed E-state index contributed by atoms with van der Waals surface area (Å²) in [7, 11) is 0. The summed E-state index contributed by atoms with van der Waals surface area (Å²) in [5, 5.41) is 9.66. The summed E-state index contributed by atoms with van der Waals surface area (Å²) in [5.41, 5.74) is -1.34. The molecule has 154 valence electrons. The molecule has 2 heterocycles. The number of benzene rings is 1. The van der Waals surface area contributed by atoms with Gasteiger partial charge in [0.25, 0.3) is 12.9 Å². The maximum absolute atomic E-state index is 13.7. The van der Waals surface area contributed by atoms with Gasteiger partial charge in [-0.05, 0) is 12.1 Å². The Morgan fingerprint density at radius 2 is 1.86 bits per heavy atom. The Hall–Kier alpha value is -2.95. The molecule has 29 heavy (non-hydrogen) atoms. The summed E-state index contributed by atoms with van der Waals surface area (Å²) in [6.07, 6.45) is -4.80. The number of alkyl halides is 4. The molecule has 6 nitrogen and oxygen atoms in total. The smallest absolute Gasteiger partial charge is 0.282 e. The number of halogens is 6. The van der Waals surface area contributed by atoms with E-state index in [4.69, 9.17) is 11.6 Å². The molecule has 2 aromatic heterocycles. The van der Waals surface area contributed by atoms with Gasteiger partial charge in [0.1, 0.15) is 28.8 Å². The van der Waals surface area contributed by atoms with Crippen LogP contribution in [0.4, 0.5) is 27.8 Å². The molecule has 12 heteroatoms. The lowest BCUT2D eigenvalue weighted by Crippen LogP contribution is -2.21. The van der Waals surface area contributed by atoms with Crippen molar-refractivity contribution in [3.8, 4) is 0 Å². The fraction of sp³-hybridized carbons (Fsp3) is 0.235. The highest BCUT2D eigenvalue weighted by Gasteiger charge is 2.23. The molecular formula is C17H13ClF5N5O. The van der Waals surface area contributed by atoms with Crippen LogP contribution in [0.3, 0.4) is 0 Å². The monoisotopic (exact) mass is 433 g/mol. The van der Waals surface area contributed by atoms with Crippen molar-refractivity contribution in [3.05, 3.63) is 64.3 Å². The zero-order valence-electron chi connectivity index (χ0n) is 14.5. The van der Waals surface area contributed by atoms with E-state index in [2.05, 4.69) is 15.5 Å². The van der Waals surface area contributed by atoms with Gasteiger partial charge in [0, 0.05) is 11.8 Å². The van der Waals surface area contributed by atoms with E-state index in [0.717, 1.165) is 0 Å². The van der Waals surface area contributed by atoms with Gasteiger partial charge < -0.3 is 5.32 Å². The summed E-state index contributed by atoms with van der Waals surface area (Å²) in [6, 6.07) is 6.54. The molecule has 0 atom stereocenters. The quantitative estimate of drug-likeness (QED) is 0.560. The first kappa shape index (κ1) is 20.8. The van der Waals surface area contributed by atoms with Crippen molar-refractivity contribution in [2.45, 2.75) is 25.9 Å². The second kappa shape index (κ2) is 8.60. The molecular weight excluding hydrogens is 421 g/mol. The maximum Gasteiger partial charge on any atom is 0.282 e. The summed E-state index contributed by atoms with van der Waals surface area (Å²) < 4.78 is 66.9. The lowest BCUT2D eigenvalue weighted by Gasteiger charge is -2.07. The number of nitrogens with one attached hydrogen (secondary N) is 1. The fourth-order valence-electron chi connectivity index (χ4n) is 2.53. The van der Waals surface area contributed by atoms with Crippen LogP contribution in [0.1, 0.15) is 29.8 Å². The minimum atomic E-state index is -3.09. The number of aromatic nitrogens is 4. The molecule has 0 saturated carbocycles. The summed E-state index contributed by atoms with van der Waals surface area (Å²) in [6.45, 7) is -0.711. The van der Waals surface area contributed by atoms with Gasteiger partial charge in [-0.15, -0.1) is 0 Å². The lowest BCUT2D eigenvalue weighted by molar-refractivity contribution is -0.117. The van der Waals surface area contributed by atoms with Gasteiger partial charge in [0.2, 0.25) is 5.91 Å². The third-order valence-corrected chi connectivity index (χ3v) is 4.11. The van der Waals surface area contributed by atoms with Crippen LogP contribution < -0.4 is 5.32 Å². The minimum absolute atomic E-state index is 0.0255. The molecule has 3 aromatic rings. The maximum atomic E-state index is 13.7. The van der Waals surface area contributed by atoms with E-state index < -0.39 is 42.5 Å². The summed E-state index contributed by atoms with van der Waals surface area (Å²) in [5.74, 6) is -1.39. The highest BCUT2D eigenvalue weighted by Crippen LogP contribution is 2.25. The number of carbonyl (C=O) groups is 1. The Morgan fingerprint density at radius 1 is 1.14 bits per heavy atom. The van der Waals surface area contributed by atoms with E-state index in [-0.39, 0.29) is 17.4 Å². The molecule has 3 rings (SSSR count). The predicted octanol–water partition coefficient (Wildman–Crippen LogP) is 4.43. The fourth-order valence-corrected chi connectivity index (χ4v) is 2.73. The van der Waals surface area contributed by atoms with E-state index in [0.29, 0.717) is 16.3 Å². The van der Waals surface area contributed by atoms with Crippen LogP contribution in [-0.4, -0.2) is 25.5 Å². The van der Waals surface area contributed by atoms with E-state index >= 15 is 0 Å². The van der Waals surface area contributed by atoms with Crippen molar-refractivity contribution in [1.82, 2.24) is 19.6 Å². The average Bonchev–Trinajstić information content (AvgIpc) is 3.21. The van der Waals surface area contributed by atoms with Gasteiger partial charge in [-0.3, -0.25) is 14.2 Å². The van der Waals surface area contributed by atoms with Gasteiger partial charge in [-0.2, -0.15) is 10.2 Å². The second-order valence-electron chi connectivity index (χ2n) is 5.92. The number of carbonyl (C=O) groups excluding carboxylic acids is 1. The molecule has 0 aliphatic heterocycles. The lowest BCUT2D eigenvalue weighted by atomic mass is 10.2. The summed E-state index contributed by atoms with van der Waals surface area (Å²) in [4.78, 5) is 12.1. The molecule has 0 unspecified atom stereocenters. The molecule has 0 radical (unpaired) electrons. The standard InChI is InChI=1S/C17H13ClF5N5O/c18-10-7-27(6-9-3-1-2-4-11(9)19)26-17(10)24-14(29)8-28-13(16(22)23)5-12(25-28)15(20)21/h1-5,7,15-16H,6,8H2,(H,24,26,29). The van der Waals surface area contributed by atoms with Crippen LogP contribution in [0.25, 0.3) is 0 Å². The van der Waals surface area contributed by atoms with Crippen LogP contribution >= 0.6 is 11.6 Å². The van der Waals surface area contributed by atoms with Gasteiger partial charge in [-0.1, -0.05) is 29.8 Å². The van der Waals surface area contributed by atoms with Crippen molar-refractivity contribution in [2.75, 3.05) is 5.32 Å². The van der Waals surface area contributed by atoms with Crippen LogP contribution in [0.2, 0.25) is 5.02 Å². The minimum Gasteiger partial charge on any atom is -0.306 e. The first-order valence-electron chi connectivity index (χ1n) is 8.14. The van der Waals surface area contributed by atoms with E-state index in [9.17, 15) is 26.7 Å². The van der Waals surface area contributed by atoms with Crippen molar-refractivity contribution >= 4 is 23.3 Å². The van der Waals surface area contributed by atoms with Crippen LogP contribution in [-0.2, 0) is 17.9 Å². The Labute approximate surface area is 165 Å². The molecule has 0 bridgehead atoms. The Kier molecular flexibility index (Phi) is 6.16. The molecule has 1 amide bonds. The molecule has 1 aromatic carbocycles. The number of hydrogen-bond acceptors (Lipinski definition) is 3. The number of amides is 1. The number of rotatable bonds is 7. The Balaban J connectivity index is 1.72. The van der Waals surface area contributed by atoms with Crippen LogP contribution in [0, 0.1) is 5.82 Å². The number of hydrogen-bond donors (Lipinski definition) is 1. The highest BCUT2D eigenvalue weighted by atomic mass is 35.5. The highest BCUT2D eigenvalue weighted by molar-refractivity contribution is 6.33. The van der Waals surface area contributed by atoms with Crippen LogP contribution in [0.15, 0.2) is 36.5 Å². The predicted molar refractivity (Wildman–Crippen MR) is 93.5 cm³/mol. The van der Waals surface area contributed by atoms with Gasteiger partial charge in [0.05, 0.1) is 6.54 Å². The molecule has 0 spiro atoms. The normalized spacial score (nSPS) is 11.4. The van der Waals surface area contributed by atoms with E-state index in [1.54, 1.807) is 12.1 Å². The van der Waals surface area contributed by atoms with Crippen molar-refractivity contribution in [1.29, 1.82) is 0 Å². The van der Waals surface area contributed by atoms with Crippen molar-refractivity contribution in [3.63, 3.8) is 0 Å². The Bertz CT molecular complexity index is 1020. The third kappa shape index (κ3) is 4.91. The average molecular weight is 434 g/mol. The Morgan fingerprint density at radius 3 is 2.52 bits per heavy atom. The van der Waals surface area contributed by atoms with E-state index in [1.807, 2.05) is 0 Å².